The number of carbonyl (C=O) groups is 2. The van der Waals surface area contributed by atoms with Gasteiger partial charge in [-0.05, 0) is 80.4 Å². The Morgan fingerprint density at radius 1 is 1.06 bits per heavy atom. The Bertz CT molecular complexity index is 945. The lowest BCUT2D eigenvalue weighted by atomic mass is 9.87. The summed E-state index contributed by atoms with van der Waals surface area (Å²) >= 11 is 6.06. The number of nitrogens with zero attached hydrogens (tertiary/aromatic N) is 2. The van der Waals surface area contributed by atoms with Crippen LogP contribution in [0, 0.1) is 11.8 Å². The molecule has 2 aliphatic rings. The van der Waals surface area contributed by atoms with Crippen LogP contribution in [0.5, 0.6) is 5.88 Å². The van der Waals surface area contributed by atoms with E-state index in [-0.39, 0.29) is 0 Å². The van der Waals surface area contributed by atoms with Crippen molar-refractivity contribution in [3.05, 3.63) is 35.4 Å². The summed E-state index contributed by atoms with van der Waals surface area (Å²) in [6, 6.07) is 5.49. The average molecular weight is 493 g/mol. The Balaban J connectivity index is 0.000000350. The van der Waals surface area contributed by atoms with Crippen LogP contribution < -0.4 is 4.74 Å². The van der Waals surface area contributed by atoms with Crippen LogP contribution in [0.25, 0.3) is 11.0 Å². The van der Waals surface area contributed by atoms with Crippen molar-refractivity contribution < 1.29 is 29.1 Å². The highest BCUT2D eigenvalue weighted by Crippen LogP contribution is 2.29. The number of ether oxygens (including phenoxy) is 1. The Morgan fingerprint density at radius 2 is 1.74 bits per heavy atom. The largest absolute Gasteiger partial charge is 0.478 e. The SMILES string of the molecule is Clc1ccc2onc(OCCC3CCN(CC4CCCCC4)CC3)c2c1.O=C(O)/C=C/C(=O)O. The lowest BCUT2D eigenvalue weighted by Gasteiger charge is -2.35. The number of carboxylic acid groups (broad SMARTS) is 2. The van der Waals surface area contributed by atoms with Gasteiger partial charge in [0.05, 0.1) is 12.0 Å². The summed E-state index contributed by atoms with van der Waals surface area (Å²) in [4.78, 5) is 21.8. The van der Waals surface area contributed by atoms with Gasteiger partial charge in [-0.1, -0.05) is 30.9 Å². The van der Waals surface area contributed by atoms with Gasteiger partial charge in [0, 0.05) is 23.7 Å². The molecule has 1 aliphatic heterocycles. The van der Waals surface area contributed by atoms with E-state index in [1.54, 1.807) is 6.07 Å². The lowest BCUT2D eigenvalue weighted by molar-refractivity contribution is -0.134. The van der Waals surface area contributed by atoms with E-state index >= 15 is 0 Å². The molecule has 9 heteroatoms. The van der Waals surface area contributed by atoms with Crippen LogP contribution in [-0.4, -0.2) is 58.4 Å². The molecule has 34 heavy (non-hydrogen) atoms. The number of aliphatic carboxylic acids is 2. The second-order valence-electron chi connectivity index (χ2n) is 9.02. The summed E-state index contributed by atoms with van der Waals surface area (Å²) < 4.78 is 11.2. The minimum absolute atomic E-state index is 0.558. The maximum absolute atomic E-state index is 9.55. The molecule has 1 aromatic heterocycles. The molecule has 1 aliphatic carbocycles. The van der Waals surface area contributed by atoms with Crippen LogP contribution in [0.2, 0.25) is 5.02 Å². The van der Waals surface area contributed by atoms with Gasteiger partial charge in [-0.25, -0.2) is 9.59 Å². The highest BCUT2D eigenvalue weighted by atomic mass is 35.5. The number of likely N-dealkylation sites (tertiary alicyclic amines) is 1. The van der Waals surface area contributed by atoms with Crippen LogP contribution in [0.3, 0.4) is 0 Å². The predicted molar refractivity (Wildman–Crippen MR) is 129 cm³/mol. The van der Waals surface area contributed by atoms with Crippen molar-refractivity contribution in [2.24, 2.45) is 11.8 Å². The number of aromatic nitrogens is 1. The molecular formula is C25H33ClN2O6. The van der Waals surface area contributed by atoms with Gasteiger partial charge in [0.1, 0.15) is 0 Å². The van der Waals surface area contributed by atoms with Crippen molar-refractivity contribution in [1.29, 1.82) is 0 Å². The lowest BCUT2D eigenvalue weighted by Crippen LogP contribution is -2.37. The molecule has 1 saturated heterocycles. The first kappa shape index (κ1) is 26.0. The fourth-order valence-corrected chi connectivity index (χ4v) is 4.82. The molecule has 4 rings (SSSR count). The third-order valence-electron chi connectivity index (χ3n) is 6.48. The quantitative estimate of drug-likeness (QED) is 0.480. The molecule has 0 bridgehead atoms. The second kappa shape index (κ2) is 13.3. The van der Waals surface area contributed by atoms with E-state index in [0.29, 0.717) is 29.7 Å². The molecule has 2 fully saturated rings. The van der Waals surface area contributed by atoms with Gasteiger partial charge < -0.3 is 24.4 Å². The molecule has 0 unspecified atom stereocenters. The van der Waals surface area contributed by atoms with Crippen molar-refractivity contribution in [2.75, 3.05) is 26.2 Å². The Labute approximate surface area is 204 Å². The number of hydrogen-bond donors (Lipinski definition) is 2. The number of fused-ring (bicyclic) bond motifs is 1. The van der Waals surface area contributed by atoms with E-state index in [0.717, 1.165) is 29.2 Å². The number of halogens is 1. The van der Waals surface area contributed by atoms with E-state index in [4.69, 9.17) is 31.1 Å². The maximum atomic E-state index is 9.55. The van der Waals surface area contributed by atoms with Crippen LogP contribution in [0.15, 0.2) is 34.9 Å². The molecule has 2 N–H and O–H groups in total. The van der Waals surface area contributed by atoms with Crippen LogP contribution in [0.1, 0.15) is 51.4 Å². The molecular weight excluding hydrogens is 460 g/mol. The van der Waals surface area contributed by atoms with E-state index in [9.17, 15) is 9.59 Å². The standard InChI is InChI=1S/C21H29ClN2O2.C4H4O4/c22-18-6-7-20-19(14-18)21(23-26-20)25-13-10-16-8-11-24(12-9-16)15-17-4-2-1-3-5-17;5-3(6)1-2-4(7)8/h6-7,14,16-17H,1-5,8-13,15H2;1-2H,(H,5,6)(H,7,8)/b;2-1+. The minimum Gasteiger partial charge on any atom is -0.478 e. The molecule has 0 amide bonds. The third-order valence-corrected chi connectivity index (χ3v) is 6.72. The van der Waals surface area contributed by atoms with Gasteiger partial charge >= 0.3 is 11.9 Å². The van der Waals surface area contributed by atoms with Crippen LogP contribution in [0.4, 0.5) is 0 Å². The maximum Gasteiger partial charge on any atom is 0.328 e. The summed E-state index contributed by atoms with van der Waals surface area (Å²) in [5.74, 6) is -0.229. The third kappa shape index (κ3) is 8.65. The molecule has 2 aromatic rings. The summed E-state index contributed by atoms with van der Waals surface area (Å²) in [7, 11) is 0. The highest BCUT2D eigenvalue weighted by Gasteiger charge is 2.23. The first-order valence-electron chi connectivity index (χ1n) is 11.9. The molecule has 0 spiro atoms. The van der Waals surface area contributed by atoms with Gasteiger partial charge in [0.25, 0.3) is 5.88 Å². The minimum atomic E-state index is -1.26. The van der Waals surface area contributed by atoms with Crippen molar-refractivity contribution >= 4 is 34.5 Å². The smallest absolute Gasteiger partial charge is 0.328 e. The van der Waals surface area contributed by atoms with Crippen LogP contribution >= 0.6 is 11.6 Å². The molecule has 186 valence electrons. The monoisotopic (exact) mass is 492 g/mol. The van der Waals surface area contributed by atoms with E-state index in [2.05, 4.69) is 10.1 Å². The van der Waals surface area contributed by atoms with Gasteiger partial charge in [-0.2, -0.15) is 0 Å². The van der Waals surface area contributed by atoms with Crippen molar-refractivity contribution in [2.45, 2.75) is 51.4 Å². The van der Waals surface area contributed by atoms with Crippen LogP contribution in [-0.2, 0) is 9.59 Å². The number of rotatable bonds is 8. The molecule has 0 atom stereocenters. The highest BCUT2D eigenvalue weighted by molar-refractivity contribution is 6.31. The average Bonchev–Trinajstić information content (AvgIpc) is 3.22. The van der Waals surface area contributed by atoms with Crippen molar-refractivity contribution in [3.8, 4) is 5.88 Å². The molecule has 2 heterocycles. The zero-order valence-corrected chi connectivity index (χ0v) is 20.1. The zero-order valence-electron chi connectivity index (χ0n) is 19.3. The summed E-state index contributed by atoms with van der Waals surface area (Å²) in [6.07, 6.45) is 12.0. The topological polar surface area (TPSA) is 113 Å². The molecule has 1 saturated carbocycles. The van der Waals surface area contributed by atoms with E-state index < -0.39 is 11.9 Å². The van der Waals surface area contributed by atoms with E-state index in [1.807, 2.05) is 12.1 Å². The predicted octanol–water partition coefficient (Wildman–Crippen LogP) is 5.25. The normalized spacial score (nSPS) is 18.0. The molecule has 0 radical (unpaired) electrons. The fourth-order valence-electron chi connectivity index (χ4n) is 4.65. The first-order chi connectivity index (χ1) is 16.4. The van der Waals surface area contributed by atoms with Gasteiger partial charge in [-0.3, -0.25) is 0 Å². The van der Waals surface area contributed by atoms with E-state index in [1.165, 1.54) is 64.6 Å². The first-order valence-corrected chi connectivity index (χ1v) is 12.3. The van der Waals surface area contributed by atoms with Crippen molar-refractivity contribution in [3.63, 3.8) is 0 Å². The fraction of sp³-hybridized carbons (Fsp3) is 0.560. The Hall–Kier alpha value is -2.58. The summed E-state index contributed by atoms with van der Waals surface area (Å²) in [5.41, 5.74) is 0.723. The number of piperidine rings is 1. The summed E-state index contributed by atoms with van der Waals surface area (Å²) in [5, 5.41) is 21.2. The Kier molecular flexibility index (Phi) is 10.2. The number of carboxylic acids is 2. The number of hydrogen-bond acceptors (Lipinski definition) is 6. The molecule has 1 aromatic carbocycles. The Morgan fingerprint density at radius 3 is 2.38 bits per heavy atom. The van der Waals surface area contributed by atoms with Gasteiger partial charge in [0.2, 0.25) is 0 Å². The second-order valence-corrected chi connectivity index (χ2v) is 9.46. The zero-order chi connectivity index (χ0) is 24.3. The van der Waals surface area contributed by atoms with Gasteiger partial charge in [-0.15, -0.1) is 0 Å². The van der Waals surface area contributed by atoms with Gasteiger partial charge in [0.15, 0.2) is 5.58 Å². The number of benzene rings is 1. The summed E-state index contributed by atoms with van der Waals surface area (Å²) in [6.45, 7) is 4.53. The van der Waals surface area contributed by atoms with Crippen molar-refractivity contribution in [1.82, 2.24) is 10.1 Å². The molecule has 8 nitrogen and oxygen atoms in total.